The molecule has 0 aliphatic carbocycles. The highest BCUT2D eigenvalue weighted by Gasteiger charge is 2.39. The van der Waals surface area contributed by atoms with Gasteiger partial charge in [-0.1, -0.05) is 29.5 Å². The molecule has 1 saturated heterocycles. The molecular formula is C12H16IN3O2. The molecule has 1 fully saturated rings. The summed E-state index contributed by atoms with van der Waals surface area (Å²) >= 11 is 2.41. The second-order valence-electron chi connectivity index (χ2n) is 4.71. The highest BCUT2D eigenvalue weighted by atomic mass is 127. The molecule has 3 aliphatic rings. The van der Waals surface area contributed by atoms with Gasteiger partial charge >= 0.3 is 6.03 Å². The molecule has 18 heavy (non-hydrogen) atoms. The highest BCUT2D eigenvalue weighted by Crippen LogP contribution is 2.32. The Morgan fingerprint density at radius 1 is 1.61 bits per heavy atom. The fourth-order valence-corrected chi connectivity index (χ4v) is 3.64. The topological polar surface area (TPSA) is 53.6 Å². The first-order valence-corrected chi connectivity index (χ1v) is 7.46. The van der Waals surface area contributed by atoms with E-state index in [1.807, 2.05) is 18.5 Å². The van der Waals surface area contributed by atoms with Crippen LogP contribution in [0.5, 0.6) is 0 Å². The number of amides is 2. The molecule has 0 aromatic rings. The first-order valence-electron chi connectivity index (χ1n) is 6.21. The van der Waals surface area contributed by atoms with Crippen LogP contribution in [0.25, 0.3) is 0 Å². The van der Waals surface area contributed by atoms with Gasteiger partial charge < -0.3 is 15.4 Å². The standard InChI is InChI=1S/C12H16IN3O2/c1-2-9-8(13)5-10(18-9)16-6-7-3-4-14-11(7)15-12(16)17/h3-4,6,8-11,14H,2,5H2,1H3,(H,15,17)/t8?,9-,10-,11?/m1/s1. The number of alkyl halides is 1. The van der Waals surface area contributed by atoms with Crippen LogP contribution in [0, 0.1) is 0 Å². The van der Waals surface area contributed by atoms with Crippen LogP contribution in [0.1, 0.15) is 19.8 Å². The van der Waals surface area contributed by atoms with Gasteiger partial charge in [0.2, 0.25) is 0 Å². The molecule has 3 rings (SSSR count). The Balaban J connectivity index is 1.78. The summed E-state index contributed by atoms with van der Waals surface area (Å²) in [6, 6.07) is -0.0923. The van der Waals surface area contributed by atoms with E-state index in [0.29, 0.717) is 3.92 Å². The predicted octanol–water partition coefficient (Wildman–Crippen LogP) is 1.67. The van der Waals surface area contributed by atoms with Crippen LogP contribution in [0.4, 0.5) is 4.79 Å². The summed E-state index contributed by atoms with van der Waals surface area (Å²) < 4.78 is 6.42. The molecule has 0 saturated carbocycles. The van der Waals surface area contributed by atoms with E-state index in [-0.39, 0.29) is 24.5 Å². The first kappa shape index (κ1) is 12.3. The van der Waals surface area contributed by atoms with Gasteiger partial charge in [-0.2, -0.15) is 0 Å². The summed E-state index contributed by atoms with van der Waals surface area (Å²) in [7, 11) is 0. The molecule has 2 N–H and O–H groups in total. The molecule has 98 valence electrons. The Labute approximate surface area is 120 Å². The van der Waals surface area contributed by atoms with Gasteiger partial charge in [-0.05, 0) is 18.7 Å². The lowest BCUT2D eigenvalue weighted by atomic mass is 10.2. The average molecular weight is 361 g/mol. The van der Waals surface area contributed by atoms with Crippen LogP contribution in [0.3, 0.4) is 0 Å². The summed E-state index contributed by atoms with van der Waals surface area (Å²) in [5.41, 5.74) is 1.07. The molecule has 2 unspecified atom stereocenters. The molecule has 0 spiro atoms. The van der Waals surface area contributed by atoms with Crippen LogP contribution < -0.4 is 10.6 Å². The number of fused-ring (bicyclic) bond motifs is 1. The molecule has 4 atom stereocenters. The number of nitrogens with zero attached hydrogens (tertiary/aromatic N) is 1. The molecule has 0 bridgehead atoms. The van der Waals surface area contributed by atoms with Crippen molar-refractivity contribution < 1.29 is 9.53 Å². The van der Waals surface area contributed by atoms with E-state index in [9.17, 15) is 4.79 Å². The van der Waals surface area contributed by atoms with Crippen molar-refractivity contribution in [3.63, 3.8) is 0 Å². The lowest BCUT2D eigenvalue weighted by molar-refractivity contribution is -0.0185. The number of carbonyl (C=O) groups is 1. The van der Waals surface area contributed by atoms with Crippen molar-refractivity contribution in [1.29, 1.82) is 0 Å². The SMILES string of the molecule is CC[C@H]1O[C@@H](N2C=C3C=CNC3NC2=O)CC1I. The molecule has 6 heteroatoms. The zero-order valence-corrected chi connectivity index (χ0v) is 12.3. The molecule has 3 heterocycles. The smallest absolute Gasteiger partial charge is 0.325 e. The van der Waals surface area contributed by atoms with E-state index in [1.54, 1.807) is 4.90 Å². The Hall–Kier alpha value is -0.760. The minimum atomic E-state index is -0.140. The van der Waals surface area contributed by atoms with Gasteiger partial charge in [0.1, 0.15) is 12.4 Å². The molecule has 0 radical (unpaired) electrons. The van der Waals surface area contributed by atoms with Crippen LogP contribution >= 0.6 is 22.6 Å². The van der Waals surface area contributed by atoms with Crippen molar-refractivity contribution in [3.8, 4) is 0 Å². The maximum atomic E-state index is 12.0. The van der Waals surface area contributed by atoms with Gasteiger partial charge in [0.15, 0.2) is 0 Å². The third kappa shape index (κ3) is 2.01. The van der Waals surface area contributed by atoms with Gasteiger partial charge in [0.25, 0.3) is 0 Å². The zero-order valence-electron chi connectivity index (χ0n) is 10.1. The largest absolute Gasteiger partial charge is 0.368 e. The average Bonchev–Trinajstić information content (AvgIpc) is 2.93. The van der Waals surface area contributed by atoms with Crippen molar-refractivity contribution in [3.05, 3.63) is 24.0 Å². The number of ether oxygens (including phenoxy) is 1. The summed E-state index contributed by atoms with van der Waals surface area (Å²) in [6.07, 6.45) is 7.63. The van der Waals surface area contributed by atoms with Crippen molar-refractivity contribution in [2.45, 2.75) is 42.2 Å². The Morgan fingerprint density at radius 3 is 3.17 bits per heavy atom. The number of hydrogen-bond acceptors (Lipinski definition) is 3. The highest BCUT2D eigenvalue weighted by molar-refractivity contribution is 14.1. The summed E-state index contributed by atoms with van der Waals surface area (Å²) in [6.45, 7) is 2.12. The lowest BCUT2D eigenvalue weighted by Gasteiger charge is -2.32. The fraction of sp³-hybridized carbons (Fsp3) is 0.583. The number of hydrogen-bond donors (Lipinski definition) is 2. The van der Waals surface area contributed by atoms with Crippen LogP contribution in [-0.4, -0.2) is 33.4 Å². The second-order valence-corrected chi connectivity index (χ2v) is 6.31. The Bertz CT molecular complexity index is 424. The van der Waals surface area contributed by atoms with E-state index in [4.69, 9.17) is 4.74 Å². The van der Waals surface area contributed by atoms with Gasteiger partial charge in [0.05, 0.1) is 6.10 Å². The van der Waals surface area contributed by atoms with Crippen molar-refractivity contribution in [2.75, 3.05) is 0 Å². The van der Waals surface area contributed by atoms with Crippen LogP contribution in [0.15, 0.2) is 24.0 Å². The summed E-state index contributed by atoms with van der Waals surface area (Å²) in [4.78, 5) is 13.7. The molecule has 5 nitrogen and oxygen atoms in total. The monoisotopic (exact) mass is 361 g/mol. The van der Waals surface area contributed by atoms with Gasteiger partial charge in [-0.15, -0.1) is 0 Å². The zero-order chi connectivity index (χ0) is 12.7. The third-order valence-corrected chi connectivity index (χ3v) is 4.85. The number of carbonyl (C=O) groups excluding carboxylic acids is 1. The minimum Gasteiger partial charge on any atom is -0.368 e. The van der Waals surface area contributed by atoms with E-state index in [0.717, 1.165) is 18.4 Å². The number of rotatable bonds is 2. The Morgan fingerprint density at radius 2 is 2.44 bits per heavy atom. The maximum absolute atomic E-state index is 12.0. The van der Waals surface area contributed by atoms with Gasteiger partial charge in [-0.3, -0.25) is 4.90 Å². The van der Waals surface area contributed by atoms with Crippen molar-refractivity contribution in [1.82, 2.24) is 15.5 Å². The van der Waals surface area contributed by atoms with E-state index in [1.165, 1.54) is 0 Å². The predicted molar refractivity (Wildman–Crippen MR) is 75.9 cm³/mol. The minimum absolute atomic E-state index is 0.0764. The van der Waals surface area contributed by atoms with Gasteiger partial charge in [-0.25, -0.2) is 4.79 Å². The van der Waals surface area contributed by atoms with Crippen LogP contribution in [0.2, 0.25) is 0 Å². The Kier molecular flexibility index (Phi) is 3.23. The molecule has 0 aromatic heterocycles. The molecular weight excluding hydrogens is 345 g/mol. The molecule has 0 aromatic carbocycles. The normalized spacial score (nSPS) is 38.2. The fourth-order valence-electron chi connectivity index (χ4n) is 2.52. The second kappa shape index (κ2) is 4.73. The first-order chi connectivity index (χ1) is 8.69. The lowest BCUT2D eigenvalue weighted by Crippen LogP contribution is -2.53. The quantitative estimate of drug-likeness (QED) is 0.581. The maximum Gasteiger partial charge on any atom is 0.325 e. The van der Waals surface area contributed by atoms with E-state index >= 15 is 0 Å². The molecule has 3 aliphatic heterocycles. The molecule has 2 amide bonds. The van der Waals surface area contributed by atoms with Crippen molar-refractivity contribution in [2.24, 2.45) is 0 Å². The van der Waals surface area contributed by atoms with Gasteiger partial charge in [0, 0.05) is 22.1 Å². The summed E-state index contributed by atoms with van der Waals surface area (Å²) in [5, 5.41) is 5.99. The number of urea groups is 1. The van der Waals surface area contributed by atoms with E-state index in [2.05, 4.69) is 40.1 Å². The number of halogens is 1. The number of nitrogens with one attached hydrogen (secondary N) is 2. The third-order valence-electron chi connectivity index (χ3n) is 3.54. The van der Waals surface area contributed by atoms with Crippen LogP contribution in [-0.2, 0) is 4.74 Å². The summed E-state index contributed by atoms with van der Waals surface area (Å²) in [5.74, 6) is 0. The van der Waals surface area contributed by atoms with Crippen molar-refractivity contribution >= 4 is 28.6 Å². The van der Waals surface area contributed by atoms with E-state index < -0.39 is 0 Å².